The molecule has 0 fully saturated rings. The van der Waals surface area contributed by atoms with E-state index in [1.165, 1.54) is 104 Å². The molecule has 0 spiro atoms. The molecule has 0 unspecified atom stereocenters. The molecule has 0 radical (unpaired) electrons. The van der Waals surface area contributed by atoms with Gasteiger partial charge in [0, 0.05) is 17.3 Å². The van der Waals surface area contributed by atoms with Crippen LogP contribution in [-0.4, -0.2) is 9.97 Å². The molecule has 0 amide bonds. The lowest BCUT2D eigenvalue weighted by Gasteiger charge is -2.19. The highest BCUT2D eigenvalue weighted by atomic mass is 14.8. The number of pyridine rings is 2. The number of fused-ring (bicyclic) bond motifs is 4. The molecule has 0 aliphatic rings. The highest BCUT2D eigenvalue weighted by molar-refractivity contribution is 6.23. The standard InChI is InChI=1S/C74H48N2/c1-3-17-49(18-4-1)51-30-36-54(37-31-51)70-60-21-7-11-25-64(60)72(65-26-12-8-22-61(65)70)56-40-34-53(35-41-56)59-46-47-69(68-29-15-16-48-75-68)76-74(59)58-44-42-57(43-45-58)73-66-27-13-9-23-62(66)71(63-24-10-14-28-67(63)73)55-38-32-52(33-39-55)50-19-5-2-6-20-50/h1-48H. The normalized spacial score (nSPS) is 11.4. The summed E-state index contributed by atoms with van der Waals surface area (Å²) in [5, 5.41) is 9.83. The zero-order valence-corrected chi connectivity index (χ0v) is 41.6. The molecule has 0 atom stereocenters. The molecule has 0 aliphatic carbocycles. The maximum Gasteiger partial charge on any atom is 0.0894 e. The topological polar surface area (TPSA) is 25.8 Å². The summed E-state index contributed by atoms with van der Waals surface area (Å²) in [6.07, 6.45) is 1.83. The van der Waals surface area contributed by atoms with Crippen LogP contribution in [0.15, 0.2) is 291 Å². The lowest BCUT2D eigenvalue weighted by atomic mass is 9.85. The van der Waals surface area contributed by atoms with Crippen LogP contribution in [0.5, 0.6) is 0 Å². The van der Waals surface area contributed by atoms with E-state index in [1.54, 1.807) is 0 Å². The van der Waals surface area contributed by atoms with E-state index in [4.69, 9.17) is 9.97 Å². The lowest BCUT2D eigenvalue weighted by molar-refractivity contribution is 1.25. The van der Waals surface area contributed by atoms with Crippen molar-refractivity contribution in [3.05, 3.63) is 291 Å². The molecule has 0 saturated carbocycles. The van der Waals surface area contributed by atoms with Gasteiger partial charge in [-0.3, -0.25) is 4.98 Å². The summed E-state index contributed by atoms with van der Waals surface area (Å²) in [7, 11) is 0. The molecule has 14 aromatic rings. The Morgan fingerprint density at radius 3 is 0.816 bits per heavy atom. The summed E-state index contributed by atoms with van der Waals surface area (Å²) >= 11 is 0. The van der Waals surface area contributed by atoms with Crippen molar-refractivity contribution in [1.29, 1.82) is 0 Å². The fourth-order valence-electron chi connectivity index (χ4n) is 11.6. The molecule has 2 aromatic heterocycles. The third-order valence-electron chi connectivity index (χ3n) is 15.2. The molecule has 2 heteroatoms. The average Bonchev–Trinajstić information content (AvgIpc) is 3.51. The number of rotatable bonds is 9. The number of benzene rings is 12. The van der Waals surface area contributed by atoms with Gasteiger partial charge >= 0.3 is 0 Å². The highest BCUT2D eigenvalue weighted by Crippen LogP contribution is 2.47. The molecule has 76 heavy (non-hydrogen) atoms. The molecule has 0 bridgehead atoms. The van der Waals surface area contributed by atoms with Crippen LogP contribution in [0.4, 0.5) is 0 Å². The van der Waals surface area contributed by atoms with Crippen molar-refractivity contribution >= 4 is 43.1 Å². The van der Waals surface area contributed by atoms with Gasteiger partial charge in [0.15, 0.2) is 0 Å². The van der Waals surface area contributed by atoms with Crippen molar-refractivity contribution in [2.24, 2.45) is 0 Å². The van der Waals surface area contributed by atoms with Gasteiger partial charge in [-0.1, -0.05) is 261 Å². The highest BCUT2D eigenvalue weighted by Gasteiger charge is 2.20. The maximum absolute atomic E-state index is 5.42. The molecule has 14 rings (SSSR count). The fraction of sp³-hybridized carbons (Fsp3) is 0. The van der Waals surface area contributed by atoms with E-state index in [9.17, 15) is 0 Å². The summed E-state index contributed by atoms with van der Waals surface area (Å²) < 4.78 is 0. The zero-order chi connectivity index (χ0) is 50.4. The average molecular weight is 965 g/mol. The number of hydrogen-bond donors (Lipinski definition) is 0. The van der Waals surface area contributed by atoms with Gasteiger partial charge in [0.05, 0.1) is 17.1 Å². The minimum absolute atomic E-state index is 0.831. The quantitative estimate of drug-likeness (QED) is 0.135. The maximum atomic E-state index is 5.42. The van der Waals surface area contributed by atoms with Gasteiger partial charge in [-0.2, -0.15) is 0 Å². The summed E-state index contributed by atoms with van der Waals surface area (Å²) in [4.78, 5) is 10.1. The van der Waals surface area contributed by atoms with Crippen molar-refractivity contribution in [2.45, 2.75) is 0 Å². The predicted molar refractivity (Wildman–Crippen MR) is 321 cm³/mol. The van der Waals surface area contributed by atoms with Gasteiger partial charge in [-0.25, -0.2) is 4.98 Å². The predicted octanol–water partition coefficient (Wildman–Crippen LogP) is 20.1. The Hall–Kier alpha value is -10.0. The van der Waals surface area contributed by atoms with Crippen molar-refractivity contribution in [3.63, 3.8) is 0 Å². The Morgan fingerprint density at radius 2 is 0.474 bits per heavy atom. The summed E-state index contributed by atoms with van der Waals surface area (Å²) in [6.45, 7) is 0. The van der Waals surface area contributed by atoms with Crippen LogP contribution in [0.3, 0.4) is 0 Å². The Kier molecular flexibility index (Phi) is 11.2. The SMILES string of the molecule is c1ccc(-c2ccc(-c3c4ccccc4c(-c4ccc(-c5ccc(-c6ccccn6)nc5-c5ccc(-c6c7ccccc7c(-c7ccc(-c8ccccc8)cc7)c7ccccc67)cc5)cc4)c4ccccc34)cc2)cc1. The molecule has 354 valence electrons. The van der Waals surface area contributed by atoms with Gasteiger partial charge in [-0.15, -0.1) is 0 Å². The van der Waals surface area contributed by atoms with Crippen LogP contribution in [0.1, 0.15) is 0 Å². The summed E-state index contributed by atoms with van der Waals surface area (Å²) in [6, 6.07) is 103. The van der Waals surface area contributed by atoms with E-state index >= 15 is 0 Å². The van der Waals surface area contributed by atoms with Crippen LogP contribution in [0.25, 0.3) is 144 Å². The van der Waals surface area contributed by atoms with Crippen LogP contribution >= 0.6 is 0 Å². The largest absolute Gasteiger partial charge is 0.255 e. The molecular formula is C74H48N2. The molecule has 2 heterocycles. The van der Waals surface area contributed by atoms with Crippen LogP contribution in [0.2, 0.25) is 0 Å². The van der Waals surface area contributed by atoms with Gasteiger partial charge < -0.3 is 0 Å². The zero-order valence-electron chi connectivity index (χ0n) is 41.6. The summed E-state index contributed by atoms with van der Waals surface area (Å²) in [5.74, 6) is 0. The Bertz CT molecular complexity index is 4320. The van der Waals surface area contributed by atoms with Gasteiger partial charge in [0.25, 0.3) is 0 Å². The second-order valence-electron chi connectivity index (χ2n) is 19.5. The molecular weight excluding hydrogens is 917 g/mol. The Balaban J connectivity index is 0.860. The smallest absolute Gasteiger partial charge is 0.0894 e. The minimum atomic E-state index is 0.831. The van der Waals surface area contributed by atoms with Crippen molar-refractivity contribution in [2.75, 3.05) is 0 Å². The molecule has 0 saturated heterocycles. The molecule has 0 N–H and O–H groups in total. The van der Waals surface area contributed by atoms with Crippen molar-refractivity contribution in [1.82, 2.24) is 9.97 Å². The second kappa shape index (κ2) is 19.1. The monoisotopic (exact) mass is 964 g/mol. The molecule has 12 aromatic carbocycles. The van der Waals surface area contributed by atoms with Crippen LogP contribution < -0.4 is 0 Å². The molecule has 0 aliphatic heterocycles. The van der Waals surface area contributed by atoms with E-state index < -0.39 is 0 Å². The van der Waals surface area contributed by atoms with E-state index in [2.05, 4.69) is 267 Å². The Labute approximate surface area is 442 Å². The number of hydrogen-bond acceptors (Lipinski definition) is 2. The number of nitrogens with zero attached hydrogens (tertiary/aromatic N) is 2. The van der Waals surface area contributed by atoms with E-state index in [0.29, 0.717) is 0 Å². The molecule has 2 nitrogen and oxygen atoms in total. The van der Waals surface area contributed by atoms with Crippen LogP contribution in [-0.2, 0) is 0 Å². The first-order chi connectivity index (χ1) is 37.7. The van der Waals surface area contributed by atoms with E-state index in [1.807, 2.05) is 24.4 Å². The third-order valence-corrected chi connectivity index (χ3v) is 15.2. The number of aromatic nitrogens is 2. The first kappa shape index (κ1) is 44.7. The first-order valence-corrected chi connectivity index (χ1v) is 26.0. The third kappa shape index (κ3) is 7.92. The minimum Gasteiger partial charge on any atom is -0.255 e. The lowest BCUT2D eigenvalue weighted by Crippen LogP contribution is -1.95. The van der Waals surface area contributed by atoms with Crippen molar-refractivity contribution < 1.29 is 0 Å². The van der Waals surface area contributed by atoms with Crippen molar-refractivity contribution in [3.8, 4) is 101 Å². The summed E-state index contributed by atoms with van der Waals surface area (Å²) in [5.41, 5.74) is 20.3. The van der Waals surface area contributed by atoms with Crippen LogP contribution in [0, 0.1) is 0 Å². The second-order valence-corrected chi connectivity index (χ2v) is 19.5. The van der Waals surface area contributed by atoms with E-state index in [0.717, 1.165) is 39.3 Å². The first-order valence-electron chi connectivity index (χ1n) is 26.0. The fourth-order valence-corrected chi connectivity index (χ4v) is 11.6. The van der Waals surface area contributed by atoms with Gasteiger partial charge in [-0.05, 0) is 140 Å². The van der Waals surface area contributed by atoms with Gasteiger partial charge in [0.2, 0.25) is 0 Å². The van der Waals surface area contributed by atoms with E-state index in [-0.39, 0.29) is 0 Å². The Morgan fingerprint density at radius 1 is 0.184 bits per heavy atom. The van der Waals surface area contributed by atoms with Gasteiger partial charge in [0.1, 0.15) is 0 Å².